The van der Waals surface area contributed by atoms with Crippen LogP contribution in [0.3, 0.4) is 0 Å². The van der Waals surface area contributed by atoms with Crippen LogP contribution in [0.15, 0.2) is 186 Å². The van der Waals surface area contributed by atoms with Crippen molar-refractivity contribution in [2.24, 2.45) is 0 Å². The summed E-state index contributed by atoms with van der Waals surface area (Å²) in [7, 11) is 0. The highest BCUT2D eigenvalue weighted by Gasteiger charge is 2.22. The molecule has 0 fully saturated rings. The summed E-state index contributed by atoms with van der Waals surface area (Å²) < 4.78 is 23.9. The summed E-state index contributed by atoms with van der Waals surface area (Å²) in [5, 5.41) is 6.70. The van der Waals surface area contributed by atoms with Crippen LogP contribution in [-0.4, -0.2) is 9.13 Å². The number of furan rings is 1. The van der Waals surface area contributed by atoms with Crippen molar-refractivity contribution in [3.8, 4) is 34.4 Å². The van der Waals surface area contributed by atoms with Gasteiger partial charge in [-0.15, -0.1) is 0 Å². The van der Waals surface area contributed by atoms with Crippen LogP contribution in [0.2, 0.25) is 0 Å². The Hall–Kier alpha value is -7.24. The minimum absolute atomic E-state index is 0.792. The van der Waals surface area contributed by atoms with Gasteiger partial charge in [0.15, 0.2) is 0 Å². The zero-order valence-corrected chi connectivity index (χ0v) is 28.4. The minimum atomic E-state index is 0.792. The van der Waals surface area contributed by atoms with Crippen molar-refractivity contribution in [3.05, 3.63) is 182 Å². The van der Waals surface area contributed by atoms with E-state index in [1.165, 1.54) is 0 Å². The maximum absolute atomic E-state index is 7.10. The molecule has 11 aromatic rings. The van der Waals surface area contributed by atoms with Crippen LogP contribution in [0.25, 0.3) is 76.9 Å². The molecule has 3 aromatic heterocycles. The first-order chi connectivity index (χ1) is 26.3. The monoisotopic (exact) mass is 682 g/mol. The van der Waals surface area contributed by atoms with Crippen molar-refractivity contribution in [2.45, 2.75) is 0 Å². The third kappa shape index (κ3) is 4.64. The van der Waals surface area contributed by atoms with E-state index in [1.807, 2.05) is 84.9 Å². The van der Waals surface area contributed by atoms with Gasteiger partial charge >= 0.3 is 0 Å². The van der Waals surface area contributed by atoms with Crippen molar-refractivity contribution < 1.29 is 13.9 Å². The molecule has 0 aliphatic rings. The second-order valence-electron chi connectivity index (χ2n) is 13.3. The smallest absolute Gasteiger partial charge is 0.145 e. The lowest BCUT2D eigenvalue weighted by molar-refractivity contribution is 0.482. The lowest BCUT2D eigenvalue weighted by Crippen LogP contribution is -1.94. The van der Waals surface area contributed by atoms with Crippen molar-refractivity contribution in [3.63, 3.8) is 0 Å². The van der Waals surface area contributed by atoms with Gasteiger partial charge < -0.3 is 23.0 Å². The summed E-state index contributed by atoms with van der Waals surface area (Å²) in [6.07, 6.45) is 0. The van der Waals surface area contributed by atoms with E-state index in [2.05, 4.69) is 106 Å². The quantitative estimate of drug-likeness (QED) is 0.175. The highest BCUT2D eigenvalue weighted by Crippen LogP contribution is 2.45. The normalized spacial score (nSPS) is 11.8. The van der Waals surface area contributed by atoms with Crippen LogP contribution in [0.4, 0.5) is 0 Å². The number of aromatic nitrogens is 2. The van der Waals surface area contributed by atoms with Gasteiger partial charge in [-0.2, -0.15) is 0 Å². The number of rotatable bonds is 6. The Balaban J connectivity index is 1.08. The Morgan fingerprint density at radius 3 is 1.11 bits per heavy atom. The highest BCUT2D eigenvalue weighted by atomic mass is 16.5. The predicted molar refractivity (Wildman–Crippen MR) is 215 cm³/mol. The molecule has 0 aliphatic heterocycles. The Bertz CT molecular complexity index is 2920. The topological polar surface area (TPSA) is 41.5 Å². The maximum Gasteiger partial charge on any atom is 0.145 e. The Labute approximate surface area is 304 Å². The molecule has 0 unspecified atom stereocenters. The molecule has 8 aromatic carbocycles. The molecule has 53 heavy (non-hydrogen) atoms. The molecule has 0 aliphatic carbocycles. The van der Waals surface area contributed by atoms with Crippen molar-refractivity contribution in [2.75, 3.05) is 0 Å². The van der Waals surface area contributed by atoms with Crippen molar-refractivity contribution in [1.82, 2.24) is 9.13 Å². The molecule has 0 atom stereocenters. The number of para-hydroxylation sites is 4. The molecule has 11 rings (SSSR count). The van der Waals surface area contributed by atoms with Crippen LogP contribution in [0.1, 0.15) is 0 Å². The summed E-state index contributed by atoms with van der Waals surface area (Å²) in [4.78, 5) is 0. The molecule has 250 valence electrons. The van der Waals surface area contributed by atoms with E-state index >= 15 is 0 Å². The van der Waals surface area contributed by atoms with E-state index in [0.29, 0.717) is 0 Å². The SMILES string of the molecule is c1ccc(Oc2ccc(-n3c4ccccc4c4c5oc6c(ccc7c6c6ccccc6n7-c6ccc(Oc7ccccc7)cc6)c5ccc43)cc2)cc1. The number of fused-ring (bicyclic) bond motifs is 11. The summed E-state index contributed by atoms with van der Waals surface area (Å²) in [6.45, 7) is 0. The van der Waals surface area contributed by atoms with Gasteiger partial charge in [0.1, 0.15) is 34.2 Å². The van der Waals surface area contributed by atoms with Crippen molar-refractivity contribution in [1.29, 1.82) is 0 Å². The van der Waals surface area contributed by atoms with Gasteiger partial charge in [0, 0.05) is 32.9 Å². The summed E-state index contributed by atoms with van der Waals surface area (Å²) >= 11 is 0. The zero-order valence-electron chi connectivity index (χ0n) is 28.4. The first-order valence-corrected chi connectivity index (χ1v) is 17.8. The molecular weight excluding hydrogens is 653 g/mol. The second-order valence-corrected chi connectivity index (χ2v) is 13.3. The van der Waals surface area contributed by atoms with Gasteiger partial charge in [0.05, 0.1) is 32.8 Å². The fraction of sp³-hybridized carbons (Fsp3) is 0. The molecule has 0 saturated carbocycles. The first-order valence-electron chi connectivity index (χ1n) is 17.8. The third-order valence-electron chi connectivity index (χ3n) is 10.2. The lowest BCUT2D eigenvalue weighted by atomic mass is 10.1. The number of benzene rings is 8. The molecular formula is C48H30N2O3. The van der Waals surface area contributed by atoms with Crippen LogP contribution in [-0.2, 0) is 0 Å². The predicted octanol–water partition coefficient (Wildman–Crippen LogP) is 13.4. The second kappa shape index (κ2) is 11.7. The van der Waals surface area contributed by atoms with E-state index in [9.17, 15) is 0 Å². The molecule has 0 amide bonds. The fourth-order valence-electron chi connectivity index (χ4n) is 7.93. The number of hydrogen-bond donors (Lipinski definition) is 0. The van der Waals surface area contributed by atoms with Crippen LogP contribution in [0, 0.1) is 0 Å². The van der Waals surface area contributed by atoms with Gasteiger partial charge in [-0.3, -0.25) is 0 Å². The molecule has 5 heteroatoms. The number of nitrogens with zero attached hydrogens (tertiary/aromatic N) is 2. The first kappa shape index (κ1) is 29.5. The average Bonchev–Trinajstić information content (AvgIpc) is 3.87. The van der Waals surface area contributed by atoms with E-state index in [4.69, 9.17) is 13.9 Å². The van der Waals surface area contributed by atoms with Crippen LogP contribution in [0.5, 0.6) is 23.0 Å². The molecule has 3 heterocycles. The van der Waals surface area contributed by atoms with Crippen LogP contribution < -0.4 is 9.47 Å². The Morgan fingerprint density at radius 2 is 0.679 bits per heavy atom. The van der Waals surface area contributed by atoms with E-state index in [1.54, 1.807) is 0 Å². The summed E-state index contributed by atoms with van der Waals surface area (Å²) in [5.74, 6) is 3.21. The lowest BCUT2D eigenvalue weighted by Gasteiger charge is -2.10. The van der Waals surface area contributed by atoms with Gasteiger partial charge in [-0.25, -0.2) is 0 Å². The van der Waals surface area contributed by atoms with Gasteiger partial charge in [-0.05, 0) is 109 Å². The summed E-state index contributed by atoms with van der Waals surface area (Å²) in [5.41, 5.74) is 8.31. The zero-order chi connectivity index (χ0) is 34.9. The fourth-order valence-corrected chi connectivity index (χ4v) is 7.93. The van der Waals surface area contributed by atoms with Gasteiger partial charge in [-0.1, -0.05) is 72.8 Å². The largest absolute Gasteiger partial charge is 0.457 e. The van der Waals surface area contributed by atoms with Gasteiger partial charge in [0.25, 0.3) is 0 Å². The molecule has 0 bridgehead atoms. The minimum Gasteiger partial charge on any atom is -0.457 e. The van der Waals surface area contributed by atoms with Gasteiger partial charge in [0.2, 0.25) is 0 Å². The third-order valence-corrected chi connectivity index (χ3v) is 10.2. The van der Waals surface area contributed by atoms with E-state index < -0.39 is 0 Å². The molecule has 5 nitrogen and oxygen atoms in total. The Kier molecular flexibility index (Phi) is 6.48. The summed E-state index contributed by atoms with van der Waals surface area (Å²) in [6, 6.07) is 62.3. The average molecular weight is 683 g/mol. The highest BCUT2D eigenvalue weighted by molar-refractivity contribution is 6.28. The maximum atomic E-state index is 7.10. The molecule has 0 radical (unpaired) electrons. The van der Waals surface area contributed by atoms with Crippen LogP contribution >= 0.6 is 0 Å². The number of hydrogen-bond acceptors (Lipinski definition) is 3. The Morgan fingerprint density at radius 1 is 0.302 bits per heavy atom. The number of ether oxygens (including phenoxy) is 2. The van der Waals surface area contributed by atoms with E-state index in [-0.39, 0.29) is 0 Å². The molecule has 0 N–H and O–H groups in total. The van der Waals surface area contributed by atoms with Crippen molar-refractivity contribution >= 4 is 65.6 Å². The molecule has 0 spiro atoms. The van der Waals surface area contributed by atoms with E-state index in [0.717, 1.165) is 99.9 Å². The molecule has 0 saturated heterocycles. The standard InChI is InChI=1S/C48H30N2O3/c1-3-11-33(12-4-1)51-35-23-19-31(20-24-35)49-41-17-9-7-15-39(41)45-43(49)29-27-37-38-28-30-44-46(48(38)53-47(37)45)40-16-8-10-18-42(40)50(44)32-21-25-36(26-22-32)52-34-13-5-2-6-14-34/h1-30H.